The van der Waals surface area contributed by atoms with Gasteiger partial charge in [-0.2, -0.15) is 0 Å². The summed E-state index contributed by atoms with van der Waals surface area (Å²) < 4.78 is 0. The lowest BCUT2D eigenvalue weighted by Gasteiger charge is -2.23. The van der Waals surface area contributed by atoms with Gasteiger partial charge in [0.25, 0.3) is 0 Å². The molecule has 1 heteroatoms. The molecular formula is C12H20O. The van der Waals surface area contributed by atoms with Crippen LogP contribution in [-0.4, -0.2) is 5.11 Å². The van der Waals surface area contributed by atoms with E-state index in [0.717, 1.165) is 17.9 Å². The Morgan fingerprint density at radius 1 is 1.62 bits per heavy atom. The van der Waals surface area contributed by atoms with Gasteiger partial charge in [0, 0.05) is 0 Å². The fraction of sp³-hybridized carbons (Fsp3) is 0.667. The molecule has 74 valence electrons. The molecule has 0 heterocycles. The lowest BCUT2D eigenvalue weighted by Crippen LogP contribution is -2.12. The smallest absolute Gasteiger partial charge is 0.114 e. The van der Waals surface area contributed by atoms with E-state index in [0.29, 0.717) is 11.7 Å². The van der Waals surface area contributed by atoms with Crippen LogP contribution in [0.2, 0.25) is 0 Å². The first kappa shape index (κ1) is 10.4. The maximum Gasteiger partial charge on any atom is 0.114 e. The zero-order valence-electron chi connectivity index (χ0n) is 8.88. The standard InChI is InChI=1S/C12H20O/c1-4-5-9(2)11-6-7-12(13)10(3)8-11/h7-9,11,13H,4-6H2,1-3H3. The Hall–Kier alpha value is -0.720. The molecule has 0 radical (unpaired) electrons. The lowest BCUT2D eigenvalue weighted by atomic mass is 9.83. The Labute approximate surface area is 81.2 Å². The van der Waals surface area contributed by atoms with Crippen molar-refractivity contribution in [3.05, 3.63) is 23.5 Å². The highest BCUT2D eigenvalue weighted by atomic mass is 16.3. The molecular weight excluding hydrogens is 160 g/mol. The Morgan fingerprint density at radius 2 is 2.31 bits per heavy atom. The van der Waals surface area contributed by atoms with Crippen LogP contribution in [0.4, 0.5) is 0 Å². The average molecular weight is 180 g/mol. The molecule has 0 bridgehead atoms. The number of hydrogen-bond donors (Lipinski definition) is 1. The Balaban J connectivity index is 2.57. The fourth-order valence-corrected chi connectivity index (χ4v) is 1.95. The van der Waals surface area contributed by atoms with E-state index in [9.17, 15) is 5.11 Å². The highest BCUT2D eigenvalue weighted by Gasteiger charge is 2.17. The minimum atomic E-state index is 0.472. The molecule has 1 rings (SSSR count). The largest absolute Gasteiger partial charge is 0.508 e. The van der Waals surface area contributed by atoms with E-state index in [1.807, 2.05) is 13.0 Å². The maximum absolute atomic E-state index is 9.40. The van der Waals surface area contributed by atoms with Crippen molar-refractivity contribution in [2.75, 3.05) is 0 Å². The van der Waals surface area contributed by atoms with Gasteiger partial charge in [0.2, 0.25) is 0 Å². The van der Waals surface area contributed by atoms with Crippen LogP contribution < -0.4 is 0 Å². The third-order valence-corrected chi connectivity index (χ3v) is 2.93. The molecule has 1 aliphatic rings. The molecule has 0 aliphatic heterocycles. The summed E-state index contributed by atoms with van der Waals surface area (Å²) in [6, 6.07) is 0. The Bertz CT molecular complexity index is 225. The van der Waals surface area contributed by atoms with Crippen molar-refractivity contribution in [1.29, 1.82) is 0 Å². The second-order valence-corrected chi connectivity index (χ2v) is 4.10. The molecule has 0 spiro atoms. The van der Waals surface area contributed by atoms with Crippen molar-refractivity contribution in [1.82, 2.24) is 0 Å². The molecule has 1 aliphatic carbocycles. The number of aliphatic hydroxyl groups is 1. The van der Waals surface area contributed by atoms with E-state index in [4.69, 9.17) is 0 Å². The average Bonchev–Trinajstić information content (AvgIpc) is 2.10. The molecule has 0 saturated carbocycles. The predicted molar refractivity (Wildman–Crippen MR) is 56.6 cm³/mol. The molecule has 1 nitrogen and oxygen atoms in total. The first-order valence-corrected chi connectivity index (χ1v) is 5.23. The zero-order chi connectivity index (χ0) is 9.84. The van der Waals surface area contributed by atoms with Gasteiger partial charge in [-0.15, -0.1) is 0 Å². The van der Waals surface area contributed by atoms with Gasteiger partial charge >= 0.3 is 0 Å². The van der Waals surface area contributed by atoms with Gasteiger partial charge in [-0.3, -0.25) is 0 Å². The predicted octanol–water partition coefficient (Wildman–Crippen LogP) is 3.83. The normalized spacial score (nSPS) is 25.0. The van der Waals surface area contributed by atoms with Crippen molar-refractivity contribution in [3.8, 4) is 0 Å². The van der Waals surface area contributed by atoms with Crippen molar-refractivity contribution in [3.63, 3.8) is 0 Å². The summed E-state index contributed by atoms with van der Waals surface area (Å²) in [5, 5.41) is 9.40. The molecule has 1 N–H and O–H groups in total. The maximum atomic E-state index is 9.40. The lowest BCUT2D eigenvalue weighted by molar-refractivity contribution is 0.368. The molecule has 0 aromatic rings. The number of allylic oxidation sites excluding steroid dienone is 3. The fourth-order valence-electron chi connectivity index (χ4n) is 1.95. The molecule has 13 heavy (non-hydrogen) atoms. The Kier molecular flexibility index (Phi) is 3.58. The first-order chi connectivity index (χ1) is 6.15. The van der Waals surface area contributed by atoms with Crippen LogP contribution in [0.3, 0.4) is 0 Å². The van der Waals surface area contributed by atoms with E-state index < -0.39 is 0 Å². The molecule has 0 aromatic carbocycles. The van der Waals surface area contributed by atoms with Crippen molar-refractivity contribution in [2.24, 2.45) is 11.8 Å². The molecule has 0 amide bonds. The minimum Gasteiger partial charge on any atom is -0.508 e. The summed E-state index contributed by atoms with van der Waals surface area (Å²) in [6.07, 6.45) is 7.70. The van der Waals surface area contributed by atoms with Gasteiger partial charge in [0.1, 0.15) is 5.76 Å². The summed E-state index contributed by atoms with van der Waals surface area (Å²) in [5.41, 5.74) is 1.04. The van der Waals surface area contributed by atoms with E-state index in [2.05, 4.69) is 19.9 Å². The summed E-state index contributed by atoms with van der Waals surface area (Å²) >= 11 is 0. The van der Waals surface area contributed by atoms with Crippen LogP contribution in [0.25, 0.3) is 0 Å². The monoisotopic (exact) mass is 180 g/mol. The molecule has 0 saturated heterocycles. The van der Waals surface area contributed by atoms with Crippen LogP contribution in [0.5, 0.6) is 0 Å². The molecule has 2 unspecified atom stereocenters. The summed E-state index contributed by atoms with van der Waals surface area (Å²) in [4.78, 5) is 0. The van der Waals surface area contributed by atoms with Crippen LogP contribution in [0.15, 0.2) is 23.5 Å². The highest BCUT2D eigenvalue weighted by molar-refractivity contribution is 5.27. The van der Waals surface area contributed by atoms with Crippen LogP contribution in [-0.2, 0) is 0 Å². The first-order valence-electron chi connectivity index (χ1n) is 5.23. The minimum absolute atomic E-state index is 0.472. The van der Waals surface area contributed by atoms with Gasteiger partial charge in [0.05, 0.1) is 0 Å². The third kappa shape index (κ3) is 2.61. The third-order valence-electron chi connectivity index (χ3n) is 2.93. The van der Waals surface area contributed by atoms with Gasteiger partial charge in [-0.05, 0) is 36.8 Å². The van der Waals surface area contributed by atoms with Gasteiger partial charge in [-0.1, -0.05) is 32.8 Å². The highest BCUT2D eigenvalue weighted by Crippen LogP contribution is 2.29. The Morgan fingerprint density at radius 3 is 2.85 bits per heavy atom. The summed E-state index contributed by atoms with van der Waals surface area (Å²) in [5.74, 6) is 1.85. The molecule has 2 atom stereocenters. The second-order valence-electron chi connectivity index (χ2n) is 4.10. The van der Waals surface area contributed by atoms with E-state index in [1.54, 1.807) is 0 Å². The topological polar surface area (TPSA) is 20.2 Å². The van der Waals surface area contributed by atoms with Crippen LogP contribution in [0, 0.1) is 11.8 Å². The summed E-state index contributed by atoms with van der Waals surface area (Å²) in [7, 11) is 0. The zero-order valence-corrected chi connectivity index (χ0v) is 8.88. The van der Waals surface area contributed by atoms with E-state index >= 15 is 0 Å². The van der Waals surface area contributed by atoms with Crippen molar-refractivity contribution >= 4 is 0 Å². The van der Waals surface area contributed by atoms with E-state index in [-0.39, 0.29) is 0 Å². The number of aliphatic hydroxyl groups excluding tert-OH is 1. The van der Waals surface area contributed by atoms with Crippen molar-refractivity contribution in [2.45, 2.75) is 40.0 Å². The van der Waals surface area contributed by atoms with Crippen LogP contribution >= 0.6 is 0 Å². The summed E-state index contributed by atoms with van der Waals surface area (Å²) in [6.45, 7) is 6.51. The van der Waals surface area contributed by atoms with Gasteiger partial charge in [-0.25, -0.2) is 0 Å². The van der Waals surface area contributed by atoms with Crippen LogP contribution in [0.1, 0.15) is 40.0 Å². The molecule has 0 fully saturated rings. The quantitative estimate of drug-likeness (QED) is 0.699. The number of rotatable bonds is 3. The molecule has 0 aromatic heterocycles. The van der Waals surface area contributed by atoms with Gasteiger partial charge < -0.3 is 5.11 Å². The second kappa shape index (κ2) is 4.50. The SMILES string of the molecule is CCCC(C)C1C=C(C)C(O)=CC1. The van der Waals surface area contributed by atoms with Crippen molar-refractivity contribution < 1.29 is 5.11 Å². The number of hydrogen-bond acceptors (Lipinski definition) is 1. The van der Waals surface area contributed by atoms with E-state index in [1.165, 1.54) is 12.8 Å². The van der Waals surface area contributed by atoms with Gasteiger partial charge in [0.15, 0.2) is 0 Å².